The second-order valence-electron chi connectivity index (χ2n) is 13.9. The van der Waals surface area contributed by atoms with Gasteiger partial charge in [-0.15, -0.1) is 0 Å². The molecule has 57 heavy (non-hydrogen) atoms. The molecule has 300 valence electrons. The van der Waals surface area contributed by atoms with Gasteiger partial charge in [0.1, 0.15) is 19.7 Å². The number of fused-ring (bicyclic) bond motifs is 2. The van der Waals surface area contributed by atoms with Gasteiger partial charge in [0.05, 0.1) is 52.7 Å². The number of aromatic nitrogens is 4. The van der Waals surface area contributed by atoms with Crippen molar-refractivity contribution in [3.05, 3.63) is 104 Å². The molecule has 16 heteroatoms. The molecule has 0 bridgehead atoms. The van der Waals surface area contributed by atoms with E-state index in [-0.39, 0.29) is 5.75 Å². The predicted molar refractivity (Wildman–Crippen MR) is 236 cm³/mol. The lowest BCUT2D eigenvalue weighted by atomic mass is 10.0. The highest BCUT2D eigenvalue weighted by Crippen LogP contribution is 2.42. The van der Waals surface area contributed by atoms with Gasteiger partial charge in [0.25, 0.3) is 0 Å². The van der Waals surface area contributed by atoms with E-state index in [9.17, 15) is 16.8 Å². The van der Waals surface area contributed by atoms with E-state index >= 15 is 0 Å². The van der Waals surface area contributed by atoms with Crippen molar-refractivity contribution in [2.75, 3.05) is 35.5 Å². The van der Waals surface area contributed by atoms with E-state index < -0.39 is 19.7 Å². The number of benzene rings is 2. The zero-order valence-electron chi connectivity index (χ0n) is 33.0. The monoisotopic (exact) mass is 848 g/mol. The first-order valence-corrected chi connectivity index (χ1v) is 22.8. The van der Waals surface area contributed by atoms with E-state index in [1.807, 2.05) is 58.9 Å². The van der Waals surface area contributed by atoms with Crippen LogP contribution < -0.4 is 11.5 Å². The second-order valence-corrected chi connectivity index (χ2v) is 19.2. The maximum absolute atomic E-state index is 11.5. The topological polar surface area (TPSA) is 176 Å². The quantitative estimate of drug-likeness (QED) is 0.120. The lowest BCUT2D eigenvalue weighted by Crippen LogP contribution is -2.08. The summed E-state index contributed by atoms with van der Waals surface area (Å²) in [6.45, 7) is 25.0. The third-order valence-corrected chi connectivity index (χ3v) is 12.2. The maximum Gasteiger partial charge on any atom is 0.190 e. The number of H-pyrrole nitrogens is 1. The lowest BCUT2D eigenvalue weighted by molar-refractivity contribution is 0.592. The predicted octanol–water partition coefficient (Wildman–Crippen LogP) is 10.0. The number of sulfone groups is 2. The van der Waals surface area contributed by atoms with Crippen molar-refractivity contribution < 1.29 is 16.8 Å². The zero-order chi connectivity index (χ0) is 42.4. The molecule has 6 aromatic rings. The van der Waals surface area contributed by atoms with Gasteiger partial charge >= 0.3 is 0 Å². The highest BCUT2D eigenvalue weighted by molar-refractivity contribution is 7.90. The standard InChI is InChI=1S/C20H21ClN4O2S.C16H13ClN4.C5H12O2S/c1-12-8-18-14(9-17(12)23-3)19(15-10-24-11-16(22)20(15)21)13(2)25(18)6-5-7-28(4,26)27;1-8-4-14-10(5-13(8)19-3)15(9(2)21-14)11-6-20-7-12(18)16(11)17;1-3-4-5-8(2,6)7/h8-11H,5-7,22H2,1-2,4H3;4-7,21H,18H2,1-2H3;3-5H2,1-2H3. The number of aryl methyl sites for hydroxylation is 4. The van der Waals surface area contributed by atoms with Gasteiger partial charge < -0.3 is 21.0 Å². The Morgan fingerprint density at radius 3 is 1.72 bits per heavy atom. The fraction of sp³-hybridized carbons (Fsp3) is 0.317. The average Bonchev–Trinajstić information content (AvgIpc) is 3.59. The van der Waals surface area contributed by atoms with Gasteiger partial charge in [-0.3, -0.25) is 9.97 Å². The molecule has 2 aromatic carbocycles. The molecular formula is C41H46Cl2N8O4S2. The Morgan fingerprint density at radius 1 is 0.737 bits per heavy atom. The number of aromatic amines is 1. The number of anilines is 2. The van der Waals surface area contributed by atoms with Crippen LogP contribution in [0.15, 0.2) is 49.1 Å². The Bertz CT molecular complexity index is 2780. The fourth-order valence-corrected chi connectivity index (χ4v) is 8.32. The number of nitrogens with two attached hydrogens (primary N) is 2. The smallest absolute Gasteiger partial charge is 0.190 e. The van der Waals surface area contributed by atoms with Gasteiger partial charge in [0.2, 0.25) is 0 Å². The van der Waals surface area contributed by atoms with Crippen molar-refractivity contribution in [2.24, 2.45) is 0 Å². The number of pyridine rings is 2. The van der Waals surface area contributed by atoms with Crippen molar-refractivity contribution in [1.29, 1.82) is 0 Å². The summed E-state index contributed by atoms with van der Waals surface area (Å²) in [5.41, 5.74) is 22.7. The van der Waals surface area contributed by atoms with Crippen molar-refractivity contribution in [3.63, 3.8) is 0 Å². The molecule has 5 N–H and O–H groups in total. The first-order chi connectivity index (χ1) is 26.7. The lowest BCUT2D eigenvalue weighted by Gasteiger charge is -2.10. The van der Waals surface area contributed by atoms with Gasteiger partial charge in [0, 0.05) is 81.9 Å². The summed E-state index contributed by atoms with van der Waals surface area (Å²) in [5, 5.41) is 2.73. The van der Waals surface area contributed by atoms with E-state index in [1.165, 1.54) is 24.9 Å². The minimum Gasteiger partial charge on any atom is -0.396 e. The van der Waals surface area contributed by atoms with Gasteiger partial charge in [-0.25, -0.2) is 26.5 Å². The summed E-state index contributed by atoms with van der Waals surface area (Å²) >= 11 is 12.8. The number of halogens is 2. The average molecular weight is 850 g/mol. The normalized spacial score (nSPS) is 11.4. The number of nitrogen functional groups attached to an aromatic ring is 2. The van der Waals surface area contributed by atoms with Crippen LogP contribution in [0.2, 0.25) is 10.0 Å². The van der Waals surface area contributed by atoms with E-state index in [1.54, 1.807) is 12.4 Å². The number of rotatable bonds is 9. The van der Waals surface area contributed by atoms with E-state index in [4.69, 9.17) is 47.8 Å². The minimum atomic E-state index is -3.04. The van der Waals surface area contributed by atoms with Crippen LogP contribution in [0.3, 0.4) is 0 Å². The molecule has 4 aromatic heterocycles. The number of nitrogens with zero attached hydrogens (tertiary/aromatic N) is 5. The van der Waals surface area contributed by atoms with Crippen molar-refractivity contribution in [2.45, 2.75) is 60.4 Å². The highest BCUT2D eigenvalue weighted by atomic mass is 35.5. The summed E-state index contributed by atoms with van der Waals surface area (Å²) in [7, 11) is -5.72. The molecule has 0 aliphatic rings. The molecule has 0 saturated heterocycles. The molecule has 6 rings (SSSR count). The third-order valence-electron chi connectivity index (χ3n) is 9.30. The molecule has 0 amide bonds. The van der Waals surface area contributed by atoms with Crippen LogP contribution in [0.25, 0.3) is 53.7 Å². The summed E-state index contributed by atoms with van der Waals surface area (Å²) < 4.78 is 45.9. The third kappa shape index (κ3) is 10.6. The van der Waals surface area contributed by atoms with Gasteiger partial charge in [-0.2, -0.15) is 0 Å². The Labute approximate surface area is 344 Å². The molecule has 12 nitrogen and oxygen atoms in total. The van der Waals surface area contributed by atoms with Crippen molar-refractivity contribution in [3.8, 4) is 22.3 Å². The van der Waals surface area contributed by atoms with Crippen LogP contribution in [0.4, 0.5) is 22.7 Å². The molecule has 0 unspecified atom stereocenters. The van der Waals surface area contributed by atoms with E-state index in [0.717, 1.165) is 73.9 Å². The Hall–Kier alpha value is -5.12. The summed E-state index contributed by atoms with van der Waals surface area (Å²) in [6.07, 6.45) is 11.1. The van der Waals surface area contributed by atoms with Crippen LogP contribution in [-0.2, 0) is 26.2 Å². The molecular weight excluding hydrogens is 804 g/mol. The summed E-state index contributed by atoms with van der Waals surface area (Å²) in [4.78, 5) is 18.8. The Kier molecular flexibility index (Phi) is 14.4. The maximum atomic E-state index is 11.5. The van der Waals surface area contributed by atoms with Gasteiger partial charge in [-0.05, 0) is 86.7 Å². The number of nitrogens with one attached hydrogen (secondary N) is 1. The van der Waals surface area contributed by atoms with Crippen molar-refractivity contribution >= 4 is 87.4 Å². The molecule has 0 radical (unpaired) electrons. The Balaban J connectivity index is 0.000000218. The Morgan fingerprint density at radius 2 is 1.23 bits per heavy atom. The fourth-order valence-electron chi connectivity index (χ4n) is 6.47. The van der Waals surface area contributed by atoms with Crippen LogP contribution >= 0.6 is 23.2 Å². The molecule has 0 spiro atoms. The summed E-state index contributed by atoms with van der Waals surface area (Å²) in [5.74, 6) is 0.449. The van der Waals surface area contributed by atoms with Gasteiger partial charge in [0.15, 0.2) is 11.4 Å². The number of hydrogen-bond acceptors (Lipinski definition) is 8. The highest BCUT2D eigenvalue weighted by Gasteiger charge is 2.21. The molecule has 4 heterocycles. The molecule has 0 aliphatic heterocycles. The van der Waals surface area contributed by atoms with Gasteiger partial charge in [-0.1, -0.05) is 36.5 Å². The second kappa shape index (κ2) is 18.4. The van der Waals surface area contributed by atoms with Crippen LogP contribution in [-0.4, -0.2) is 60.4 Å². The number of unbranched alkanes of at least 4 members (excludes halogenated alkanes) is 1. The van der Waals surface area contributed by atoms with E-state index in [2.05, 4.69) is 29.2 Å². The van der Waals surface area contributed by atoms with E-state index in [0.29, 0.717) is 57.1 Å². The molecule has 0 fully saturated rings. The molecule has 0 aliphatic carbocycles. The SMILES string of the molecule is CCCCS(C)(=O)=O.[C-]#[N+]c1cc2c(-c3cncc(N)c3Cl)c(C)[nH]c2cc1C.[C-]#[N+]c1cc2c(-c3cncc(N)c3Cl)c(C)n(CCCS(C)(=O)=O)c2cc1C. The van der Waals surface area contributed by atoms with Crippen molar-refractivity contribution in [1.82, 2.24) is 19.5 Å². The number of hydrogen-bond donors (Lipinski definition) is 3. The van der Waals surface area contributed by atoms with Crippen LogP contribution in [0.1, 0.15) is 48.7 Å². The first kappa shape index (κ1) is 44.6. The largest absolute Gasteiger partial charge is 0.396 e. The first-order valence-electron chi connectivity index (χ1n) is 17.9. The minimum absolute atomic E-state index is 0.112. The molecule has 0 atom stereocenters. The zero-order valence-corrected chi connectivity index (χ0v) is 36.1. The van der Waals surface area contributed by atoms with Crippen LogP contribution in [0.5, 0.6) is 0 Å². The summed E-state index contributed by atoms with van der Waals surface area (Å²) in [6, 6.07) is 7.68. The van der Waals surface area contributed by atoms with Crippen LogP contribution in [0, 0.1) is 40.8 Å². The molecule has 0 saturated carbocycles.